The first-order chi connectivity index (χ1) is 9.66. The van der Waals surface area contributed by atoms with E-state index in [0.717, 1.165) is 30.7 Å². The third kappa shape index (κ3) is 2.39. The molecule has 1 atom stereocenters. The van der Waals surface area contributed by atoms with E-state index in [9.17, 15) is 4.39 Å². The molecule has 1 aliphatic heterocycles. The van der Waals surface area contributed by atoms with Crippen LogP contribution in [0.3, 0.4) is 0 Å². The fraction of sp³-hybridized carbons (Fsp3) is 0.357. The predicted octanol–water partition coefficient (Wildman–Crippen LogP) is 3.35. The van der Waals surface area contributed by atoms with Crippen molar-refractivity contribution in [3.8, 4) is 11.1 Å². The van der Waals surface area contributed by atoms with Gasteiger partial charge < -0.3 is 10.5 Å². The molecule has 2 aromatic rings. The summed E-state index contributed by atoms with van der Waals surface area (Å²) >= 11 is 6.14. The first kappa shape index (κ1) is 13.4. The summed E-state index contributed by atoms with van der Waals surface area (Å²) in [6, 6.07) is 4.28. The first-order valence-electron chi connectivity index (χ1n) is 6.53. The van der Waals surface area contributed by atoms with Crippen LogP contribution in [-0.2, 0) is 4.74 Å². The maximum Gasteiger partial charge on any atom is 0.153 e. The summed E-state index contributed by atoms with van der Waals surface area (Å²) in [5.74, 6) is 0.215. The zero-order valence-electron chi connectivity index (χ0n) is 10.8. The normalized spacial score (nSPS) is 19.2. The largest absolute Gasteiger partial charge is 0.382 e. The zero-order chi connectivity index (χ0) is 14.1. The molecule has 20 heavy (non-hydrogen) atoms. The molecule has 1 unspecified atom stereocenters. The van der Waals surface area contributed by atoms with Gasteiger partial charge in [0.1, 0.15) is 5.82 Å². The van der Waals surface area contributed by atoms with E-state index in [2.05, 4.69) is 10.2 Å². The number of hydrogen-bond donors (Lipinski definition) is 2. The third-order valence-corrected chi connectivity index (χ3v) is 3.90. The van der Waals surface area contributed by atoms with Gasteiger partial charge in [-0.2, -0.15) is 5.10 Å². The molecule has 1 aromatic heterocycles. The van der Waals surface area contributed by atoms with Crippen molar-refractivity contribution in [2.45, 2.75) is 18.8 Å². The maximum atomic E-state index is 13.2. The van der Waals surface area contributed by atoms with E-state index in [-0.39, 0.29) is 11.7 Å². The lowest BCUT2D eigenvalue weighted by Gasteiger charge is -2.22. The number of nitrogens with one attached hydrogen (secondary N) is 1. The van der Waals surface area contributed by atoms with E-state index >= 15 is 0 Å². The van der Waals surface area contributed by atoms with Crippen molar-refractivity contribution in [2.24, 2.45) is 0 Å². The van der Waals surface area contributed by atoms with E-state index in [1.807, 2.05) is 0 Å². The summed E-state index contributed by atoms with van der Waals surface area (Å²) in [5, 5.41) is 7.38. The Morgan fingerprint density at radius 1 is 1.45 bits per heavy atom. The lowest BCUT2D eigenvalue weighted by molar-refractivity contribution is 0.0794. The Bertz CT molecular complexity index is 623. The van der Waals surface area contributed by atoms with Gasteiger partial charge in [0.25, 0.3) is 0 Å². The molecule has 0 spiro atoms. The molecule has 0 aliphatic carbocycles. The van der Waals surface area contributed by atoms with Gasteiger partial charge in [-0.05, 0) is 31.0 Å². The molecule has 1 aliphatic rings. The van der Waals surface area contributed by atoms with Crippen LogP contribution in [0, 0.1) is 5.82 Å². The molecule has 3 N–H and O–H groups in total. The highest BCUT2D eigenvalue weighted by Crippen LogP contribution is 2.39. The van der Waals surface area contributed by atoms with E-state index in [1.54, 1.807) is 6.07 Å². The summed E-state index contributed by atoms with van der Waals surface area (Å²) in [5.41, 5.74) is 8.31. The van der Waals surface area contributed by atoms with E-state index < -0.39 is 0 Å². The number of ether oxygens (including phenoxy) is 1. The average Bonchev–Trinajstić information content (AvgIpc) is 2.82. The van der Waals surface area contributed by atoms with Gasteiger partial charge in [0.05, 0.1) is 17.3 Å². The molecule has 2 heterocycles. The van der Waals surface area contributed by atoms with Gasteiger partial charge in [0.2, 0.25) is 0 Å². The van der Waals surface area contributed by atoms with Gasteiger partial charge in [0.15, 0.2) is 5.82 Å². The number of nitrogen functional groups attached to an aromatic ring is 1. The van der Waals surface area contributed by atoms with Crippen LogP contribution in [0.5, 0.6) is 0 Å². The molecule has 0 radical (unpaired) electrons. The monoisotopic (exact) mass is 295 g/mol. The van der Waals surface area contributed by atoms with Crippen LogP contribution in [-0.4, -0.2) is 23.4 Å². The van der Waals surface area contributed by atoms with Crippen LogP contribution < -0.4 is 5.73 Å². The minimum Gasteiger partial charge on any atom is -0.382 e. The number of rotatable bonds is 2. The fourth-order valence-electron chi connectivity index (χ4n) is 2.61. The number of nitrogens with zero attached hydrogens (tertiary/aromatic N) is 1. The Hall–Kier alpha value is -1.59. The van der Waals surface area contributed by atoms with Crippen LogP contribution in [0.4, 0.5) is 10.2 Å². The van der Waals surface area contributed by atoms with Crippen LogP contribution in [0.15, 0.2) is 18.2 Å². The van der Waals surface area contributed by atoms with Crippen molar-refractivity contribution in [3.05, 3.63) is 34.7 Å². The van der Waals surface area contributed by atoms with Gasteiger partial charge in [-0.15, -0.1) is 0 Å². The highest BCUT2D eigenvalue weighted by Gasteiger charge is 2.24. The van der Waals surface area contributed by atoms with Gasteiger partial charge in [-0.3, -0.25) is 5.10 Å². The molecular formula is C14H15ClFN3O. The number of halogens is 2. The quantitative estimate of drug-likeness (QED) is 0.893. The maximum absolute atomic E-state index is 13.2. The Kier molecular flexibility index (Phi) is 3.63. The van der Waals surface area contributed by atoms with Gasteiger partial charge in [0, 0.05) is 23.7 Å². The number of benzene rings is 1. The zero-order valence-corrected chi connectivity index (χ0v) is 11.6. The summed E-state index contributed by atoms with van der Waals surface area (Å²) in [6.45, 7) is 1.42. The number of H-pyrrole nitrogens is 1. The SMILES string of the molecule is Nc1n[nH]c(C2CCCOC2)c1-c1ccc(F)cc1Cl. The molecule has 0 saturated carbocycles. The predicted molar refractivity (Wildman–Crippen MR) is 76.2 cm³/mol. The summed E-state index contributed by atoms with van der Waals surface area (Å²) in [6.07, 6.45) is 2.01. The number of hydrogen-bond acceptors (Lipinski definition) is 3. The van der Waals surface area contributed by atoms with Gasteiger partial charge >= 0.3 is 0 Å². The van der Waals surface area contributed by atoms with Gasteiger partial charge in [-0.1, -0.05) is 11.6 Å². The molecule has 0 amide bonds. The molecule has 106 valence electrons. The Labute approximate surface area is 121 Å². The first-order valence-corrected chi connectivity index (χ1v) is 6.91. The van der Waals surface area contributed by atoms with Crippen molar-refractivity contribution in [1.82, 2.24) is 10.2 Å². The molecule has 1 saturated heterocycles. The molecule has 6 heteroatoms. The van der Waals surface area contributed by atoms with Gasteiger partial charge in [-0.25, -0.2) is 4.39 Å². The molecular weight excluding hydrogens is 281 g/mol. The van der Waals surface area contributed by atoms with Crippen molar-refractivity contribution in [2.75, 3.05) is 18.9 Å². The smallest absolute Gasteiger partial charge is 0.153 e. The molecule has 4 nitrogen and oxygen atoms in total. The lowest BCUT2D eigenvalue weighted by atomic mass is 9.92. The second kappa shape index (κ2) is 5.42. The Morgan fingerprint density at radius 2 is 2.30 bits per heavy atom. The minimum atomic E-state index is -0.372. The van der Waals surface area contributed by atoms with Crippen molar-refractivity contribution in [3.63, 3.8) is 0 Å². The van der Waals surface area contributed by atoms with E-state index in [0.29, 0.717) is 23.0 Å². The minimum absolute atomic E-state index is 0.213. The van der Waals surface area contributed by atoms with Crippen LogP contribution in [0.2, 0.25) is 5.02 Å². The second-order valence-corrected chi connectivity index (χ2v) is 5.34. The standard InChI is InChI=1S/C14H15ClFN3O/c15-11-6-9(16)3-4-10(11)12-13(18-19-14(12)17)8-2-1-5-20-7-8/h3-4,6,8H,1-2,5,7H2,(H3,17,18,19). The number of aromatic nitrogens is 2. The molecule has 1 fully saturated rings. The highest BCUT2D eigenvalue weighted by atomic mass is 35.5. The number of anilines is 1. The molecule has 0 bridgehead atoms. The van der Waals surface area contributed by atoms with Crippen molar-refractivity contribution >= 4 is 17.4 Å². The van der Waals surface area contributed by atoms with E-state index in [4.69, 9.17) is 22.1 Å². The topological polar surface area (TPSA) is 63.9 Å². The number of nitrogens with two attached hydrogens (primary N) is 1. The van der Waals surface area contributed by atoms with E-state index in [1.165, 1.54) is 12.1 Å². The van der Waals surface area contributed by atoms with Crippen LogP contribution in [0.25, 0.3) is 11.1 Å². The van der Waals surface area contributed by atoms with Crippen molar-refractivity contribution < 1.29 is 9.13 Å². The Balaban J connectivity index is 2.06. The van der Waals surface area contributed by atoms with Crippen LogP contribution >= 0.6 is 11.6 Å². The third-order valence-electron chi connectivity index (χ3n) is 3.59. The second-order valence-electron chi connectivity index (χ2n) is 4.94. The summed E-state index contributed by atoms with van der Waals surface area (Å²) in [4.78, 5) is 0. The Morgan fingerprint density at radius 3 is 3.00 bits per heavy atom. The number of aromatic amines is 1. The average molecular weight is 296 g/mol. The fourth-order valence-corrected chi connectivity index (χ4v) is 2.87. The summed E-state index contributed by atoms with van der Waals surface area (Å²) < 4.78 is 18.7. The molecule has 3 rings (SSSR count). The molecule has 1 aromatic carbocycles. The van der Waals surface area contributed by atoms with Crippen molar-refractivity contribution in [1.29, 1.82) is 0 Å². The highest BCUT2D eigenvalue weighted by molar-refractivity contribution is 6.33. The lowest BCUT2D eigenvalue weighted by Crippen LogP contribution is -2.16. The summed E-state index contributed by atoms with van der Waals surface area (Å²) in [7, 11) is 0. The van der Waals surface area contributed by atoms with Crippen LogP contribution in [0.1, 0.15) is 24.5 Å².